The molecule has 2 heterocycles. The first-order chi connectivity index (χ1) is 11.4. The second-order valence-electron chi connectivity index (χ2n) is 5.90. The second-order valence-corrected chi connectivity index (χ2v) is 8.18. The first-order valence-corrected chi connectivity index (χ1v) is 9.54. The number of aromatic nitrogens is 2. The maximum absolute atomic E-state index is 13.8. The summed E-state index contributed by atoms with van der Waals surface area (Å²) < 4.78 is 44.9. The van der Waals surface area contributed by atoms with Gasteiger partial charge in [0.2, 0.25) is 10.0 Å². The third kappa shape index (κ3) is 3.30. The lowest BCUT2D eigenvalue weighted by atomic mass is 10.3. The zero-order chi connectivity index (χ0) is 17.3. The summed E-state index contributed by atoms with van der Waals surface area (Å²) in [5, 5.41) is 0. The minimum Gasteiger partial charge on any atom is -0.327 e. The lowest BCUT2D eigenvalue weighted by Gasteiger charge is -2.31. The molecular weight excluding hydrogens is 351 g/mol. The molecule has 130 valence electrons. The minimum atomic E-state index is -3.78. The summed E-state index contributed by atoms with van der Waals surface area (Å²) >= 11 is 5.32. The molecule has 2 aromatic rings. The van der Waals surface area contributed by atoms with Gasteiger partial charge in [0.15, 0.2) is 11.4 Å². The highest BCUT2D eigenvalue weighted by Gasteiger charge is 2.32. The largest absolute Gasteiger partial charge is 0.327 e. The van der Waals surface area contributed by atoms with Crippen LogP contribution in [0.15, 0.2) is 41.6 Å². The number of piperazine rings is 1. The topological polar surface area (TPSA) is 51.7 Å². The van der Waals surface area contributed by atoms with Gasteiger partial charge in [0.1, 0.15) is 10.7 Å². The van der Waals surface area contributed by atoms with Crippen LogP contribution in [0.2, 0.25) is 0 Å². The number of aryl methyl sites for hydroxylation is 1. The Morgan fingerprint density at radius 2 is 1.88 bits per heavy atom. The zero-order valence-corrected chi connectivity index (χ0v) is 15.0. The summed E-state index contributed by atoms with van der Waals surface area (Å²) in [4.78, 5) is 0.996. The molecule has 1 N–H and O–H groups in total. The van der Waals surface area contributed by atoms with Crippen molar-refractivity contribution in [1.82, 2.24) is 13.4 Å². The number of hydrogen-bond acceptors (Lipinski definition) is 3. The Balaban J connectivity index is 1.68. The Hall–Kier alpha value is -1.55. The lowest BCUT2D eigenvalue weighted by Crippen LogP contribution is -3.14. The van der Waals surface area contributed by atoms with E-state index in [4.69, 9.17) is 12.2 Å². The van der Waals surface area contributed by atoms with Crippen molar-refractivity contribution in [3.8, 4) is 0 Å². The summed E-state index contributed by atoms with van der Waals surface area (Å²) in [6.45, 7) is 2.75. The Bertz CT molecular complexity index is 883. The fourth-order valence-corrected chi connectivity index (χ4v) is 4.56. The van der Waals surface area contributed by atoms with E-state index < -0.39 is 15.8 Å². The van der Waals surface area contributed by atoms with Crippen LogP contribution in [-0.4, -0.2) is 48.0 Å². The molecule has 0 aliphatic carbocycles. The third-order valence-corrected chi connectivity index (χ3v) is 6.75. The summed E-state index contributed by atoms with van der Waals surface area (Å²) in [5.41, 5.74) is 0. The van der Waals surface area contributed by atoms with E-state index in [2.05, 4.69) is 0 Å². The van der Waals surface area contributed by atoms with Gasteiger partial charge in [-0.2, -0.15) is 4.31 Å². The van der Waals surface area contributed by atoms with Crippen LogP contribution in [0.4, 0.5) is 4.39 Å². The highest BCUT2D eigenvalue weighted by Crippen LogP contribution is 2.18. The number of nitrogens with one attached hydrogen (secondary N) is 1. The Morgan fingerprint density at radius 1 is 1.21 bits per heavy atom. The van der Waals surface area contributed by atoms with Crippen LogP contribution in [0.5, 0.6) is 0 Å². The second kappa shape index (κ2) is 6.75. The van der Waals surface area contributed by atoms with Crippen molar-refractivity contribution in [3.05, 3.63) is 47.2 Å². The molecule has 1 saturated heterocycles. The number of quaternary nitrogens is 1. The fraction of sp³-hybridized carbons (Fsp3) is 0.400. The van der Waals surface area contributed by atoms with E-state index in [-0.39, 0.29) is 4.90 Å². The molecule has 1 aliphatic rings. The smallest absolute Gasteiger partial charge is 0.246 e. The minimum absolute atomic E-state index is 0.251. The number of rotatable bonds is 4. The lowest BCUT2D eigenvalue weighted by molar-refractivity contribution is -0.926. The predicted molar refractivity (Wildman–Crippen MR) is 90.1 cm³/mol. The molecule has 0 radical (unpaired) electrons. The van der Waals surface area contributed by atoms with Crippen LogP contribution in [0.25, 0.3) is 0 Å². The van der Waals surface area contributed by atoms with Gasteiger partial charge in [-0.05, 0) is 24.4 Å². The fourth-order valence-electron chi connectivity index (χ4n) is 2.87. The molecule has 1 aromatic carbocycles. The van der Waals surface area contributed by atoms with Crippen LogP contribution in [0, 0.1) is 10.6 Å². The van der Waals surface area contributed by atoms with Crippen molar-refractivity contribution in [2.24, 2.45) is 7.05 Å². The summed E-state index contributed by atoms with van der Waals surface area (Å²) in [6, 6.07) is 5.51. The van der Waals surface area contributed by atoms with Crippen LogP contribution in [0.1, 0.15) is 0 Å². The molecule has 0 unspecified atom stereocenters. The van der Waals surface area contributed by atoms with E-state index >= 15 is 0 Å². The van der Waals surface area contributed by atoms with Crippen LogP contribution >= 0.6 is 12.2 Å². The standard InChI is InChI=1S/C15H19FN4O2S2/c1-17-6-9-19(15(17)23)12-18-7-10-20(11-8-18)24(21,22)14-5-3-2-4-13(14)16/h2-6,9H,7-8,10-12H2,1H3/p+1. The number of benzene rings is 1. The molecule has 0 spiro atoms. The van der Waals surface area contributed by atoms with Crippen LogP contribution < -0.4 is 4.90 Å². The van der Waals surface area contributed by atoms with Gasteiger partial charge in [0, 0.05) is 19.4 Å². The molecule has 1 aliphatic heterocycles. The highest BCUT2D eigenvalue weighted by molar-refractivity contribution is 7.89. The van der Waals surface area contributed by atoms with Gasteiger partial charge in [0.25, 0.3) is 0 Å². The molecule has 3 rings (SSSR count). The summed E-state index contributed by atoms with van der Waals surface area (Å²) in [6.07, 6.45) is 3.83. The number of hydrogen-bond donors (Lipinski definition) is 1. The third-order valence-electron chi connectivity index (χ3n) is 4.30. The average molecular weight is 371 g/mol. The van der Waals surface area contributed by atoms with E-state index in [1.165, 1.54) is 33.5 Å². The molecule has 1 aromatic heterocycles. The highest BCUT2D eigenvalue weighted by atomic mass is 32.2. The van der Waals surface area contributed by atoms with Crippen molar-refractivity contribution in [2.75, 3.05) is 26.2 Å². The van der Waals surface area contributed by atoms with E-state index in [9.17, 15) is 12.8 Å². The number of sulfonamides is 1. The quantitative estimate of drug-likeness (QED) is 0.784. The Labute approximate surface area is 145 Å². The summed E-state index contributed by atoms with van der Waals surface area (Å²) in [7, 11) is -1.88. The Morgan fingerprint density at radius 3 is 2.46 bits per heavy atom. The Kier molecular flexibility index (Phi) is 4.86. The van der Waals surface area contributed by atoms with Crippen molar-refractivity contribution in [1.29, 1.82) is 0 Å². The maximum Gasteiger partial charge on any atom is 0.246 e. The first kappa shape index (κ1) is 17.3. The first-order valence-electron chi connectivity index (χ1n) is 7.69. The van der Waals surface area contributed by atoms with Gasteiger partial charge in [-0.25, -0.2) is 12.8 Å². The molecule has 1 fully saturated rings. The summed E-state index contributed by atoms with van der Waals surface area (Å²) in [5.74, 6) is -0.706. The van der Waals surface area contributed by atoms with Gasteiger partial charge in [-0.1, -0.05) is 12.1 Å². The van der Waals surface area contributed by atoms with Gasteiger partial charge in [0.05, 0.1) is 26.2 Å². The average Bonchev–Trinajstić information content (AvgIpc) is 2.88. The predicted octanol–water partition coefficient (Wildman–Crippen LogP) is 0.242. The SMILES string of the molecule is Cn1ccn(C[NH+]2CCN(S(=O)(=O)c3ccccc3F)CC2)c1=S. The monoisotopic (exact) mass is 371 g/mol. The van der Waals surface area contributed by atoms with E-state index in [1.807, 2.05) is 28.6 Å². The molecule has 0 saturated carbocycles. The van der Waals surface area contributed by atoms with Crippen molar-refractivity contribution in [3.63, 3.8) is 0 Å². The number of imidazole rings is 1. The van der Waals surface area contributed by atoms with Gasteiger partial charge in [-0.15, -0.1) is 0 Å². The maximum atomic E-state index is 13.8. The molecule has 0 amide bonds. The normalized spacial score (nSPS) is 17.2. The molecular formula is C15H20FN4O2S2+. The number of nitrogens with zero attached hydrogens (tertiary/aromatic N) is 3. The molecule has 0 bridgehead atoms. The van der Waals surface area contributed by atoms with Gasteiger partial charge >= 0.3 is 0 Å². The molecule has 24 heavy (non-hydrogen) atoms. The van der Waals surface area contributed by atoms with Crippen molar-refractivity contribution < 1.29 is 17.7 Å². The molecule has 0 atom stereocenters. The zero-order valence-electron chi connectivity index (χ0n) is 13.4. The van der Waals surface area contributed by atoms with Gasteiger partial charge < -0.3 is 9.47 Å². The van der Waals surface area contributed by atoms with Crippen molar-refractivity contribution in [2.45, 2.75) is 11.6 Å². The molecule has 6 nitrogen and oxygen atoms in total. The molecule has 9 heteroatoms. The van der Waals surface area contributed by atoms with Crippen LogP contribution in [-0.2, 0) is 23.7 Å². The van der Waals surface area contributed by atoms with Crippen LogP contribution in [0.3, 0.4) is 0 Å². The van der Waals surface area contributed by atoms with E-state index in [0.717, 1.165) is 4.77 Å². The van der Waals surface area contributed by atoms with Crippen molar-refractivity contribution >= 4 is 22.2 Å². The van der Waals surface area contributed by atoms with E-state index in [1.54, 1.807) is 0 Å². The number of halogens is 1. The van der Waals surface area contributed by atoms with Gasteiger partial charge in [-0.3, -0.25) is 4.57 Å². The van der Waals surface area contributed by atoms with E-state index in [0.29, 0.717) is 32.8 Å².